The molecule has 24 heavy (non-hydrogen) atoms. The zero-order chi connectivity index (χ0) is 17.9. The van der Waals surface area contributed by atoms with Gasteiger partial charge in [-0.15, -0.1) is 0 Å². The summed E-state index contributed by atoms with van der Waals surface area (Å²) in [5.41, 5.74) is -0.287. The second-order valence-electron chi connectivity index (χ2n) is 6.64. The molecule has 1 heterocycles. The summed E-state index contributed by atoms with van der Waals surface area (Å²) in [6, 6.07) is 6.81. The summed E-state index contributed by atoms with van der Waals surface area (Å²) in [5.74, 6) is -0.302. The van der Waals surface area contributed by atoms with Gasteiger partial charge in [-0.2, -0.15) is 0 Å². The van der Waals surface area contributed by atoms with Crippen molar-refractivity contribution < 1.29 is 14.4 Å². The third kappa shape index (κ3) is 4.46. The van der Waals surface area contributed by atoms with Crippen molar-refractivity contribution in [2.75, 3.05) is 11.9 Å². The van der Waals surface area contributed by atoms with Crippen molar-refractivity contribution in [3.8, 4) is 0 Å². The fraction of sp³-hybridized carbons (Fsp3) is 0.471. The Labute approximate surface area is 155 Å². The topological polar surface area (TPSA) is 78.5 Å². The molecule has 6 nitrogen and oxygen atoms in total. The fourth-order valence-corrected chi connectivity index (χ4v) is 3.09. The number of carbonyl (C=O) groups excluding carboxylic acids is 3. The van der Waals surface area contributed by atoms with Gasteiger partial charge in [0, 0.05) is 9.26 Å². The number of imide groups is 1. The van der Waals surface area contributed by atoms with Crippen molar-refractivity contribution in [2.24, 2.45) is 5.92 Å². The number of carbonyl (C=O) groups is 3. The van der Waals surface area contributed by atoms with E-state index in [0.717, 1.165) is 14.9 Å². The van der Waals surface area contributed by atoms with E-state index in [-0.39, 0.29) is 12.5 Å². The molecule has 1 fully saturated rings. The molecule has 0 radical (unpaired) electrons. The Morgan fingerprint density at radius 3 is 2.71 bits per heavy atom. The van der Waals surface area contributed by atoms with E-state index >= 15 is 0 Å². The lowest BCUT2D eigenvalue weighted by molar-refractivity contribution is -0.133. The zero-order valence-corrected chi connectivity index (χ0v) is 16.2. The van der Waals surface area contributed by atoms with Crippen LogP contribution in [0.2, 0.25) is 0 Å². The van der Waals surface area contributed by atoms with Crippen molar-refractivity contribution in [2.45, 2.75) is 39.2 Å². The Hall–Kier alpha value is -1.64. The van der Waals surface area contributed by atoms with Gasteiger partial charge in [-0.05, 0) is 66.5 Å². The lowest BCUT2D eigenvalue weighted by Crippen LogP contribution is -2.44. The van der Waals surface area contributed by atoms with E-state index in [1.54, 1.807) is 13.0 Å². The monoisotopic (exact) mass is 443 g/mol. The molecule has 0 aromatic heterocycles. The van der Waals surface area contributed by atoms with Gasteiger partial charge in [0.15, 0.2) is 0 Å². The summed E-state index contributed by atoms with van der Waals surface area (Å²) < 4.78 is 0.988. The molecular weight excluding hydrogens is 421 g/mol. The second kappa shape index (κ2) is 7.50. The van der Waals surface area contributed by atoms with Crippen LogP contribution in [-0.4, -0.2) is 34.8 Å². The standard InChI is InChI=1S/C17H22IN3O3/c1-11(2)7-8-17(3)15(23)21(16(24)20-17)10-14(22)19-13-6-4-5-12(18)9-13/h4-6,9,11H,7-8,10H2,1-3H3,(H,19,22)(H,20,24). The number of anilines is 1. The van der Waals surface area contributed by atoms with E-state index in [2.05, 4.69) is 47.1 Å². The Morgan fingerprint density at radius 2 is 2.08 bits per heavy atom. The average Bonchev–Trinajstić information content (AvgIpc) is 2.69. The highest BCUT2D eigenvalue weighted by molar-refractivity contribution is 14.1. The number of nitrogens with one attached hydrogen (secondary N) is 2. The van der Waals surface area contributed by atoms with Gasteiger partial charge in [0.05, 0.1) is 0 Å². The largest absolute Gasteiger partial charge is 0.325 e. The molecule has 1 aromatic rings. The number of nitrogens with zero attached hydrogens (tertiary/aromatic N) is 1. The smallest absolute Gasteiger partial charge is 0.324 e. The normalized spacial score (nSPS) is 20.5. The zero-order valence-electron chi connectivity index (χ0n) is 14.1. The van der Waals surface area contributed by atoms with E-state index in [9.17, 15) is 14.4 Å². The quantitative estimate of drug-likeness (QED) is 0.524. The minimum absolute atomic E-state index is 0.284. The maximum atomic E-state index is 12.6. The second-order valence-corrected chi connectivity index (χ2v) is 7.89. The molecule has 130 valence electrons. The van der Waals surface area contributed by atoms with Gasteiger partial charge in [0.1, 0.15) is 12.1 Å². The molecule has 1 aliphatic heterocycles. The number of halogens is 1. The van der Waals surface area contributed by atoms with Gasteiger partial charge in [-0.25, -0.2) is 4.79 Å². The molecule has 2 N–H and O–H groups in total. The molecule has 0 aliphatic carbocycles. The van der Waals surface area contributed by atoms with Crippen LogP contribution in [0.15, 0.2) is 24.3 Å². The van der Waals surface area contributed by atoms with E-state index < -0.39 is 17.5 Å². The predicted molar refractivity (Wildman–Crippen MR) is 101 cm³/mol. The van der Waals surface area contributed by atoms with Gasteiger partial charge in [0.2, 0.25) is 5.91 Å². The van der Waals surface area contributed by atoms with E-state index in [1.807, 2.05) is 18.2 Å². The summed E-state index contributed by atoms with van der Waals surface area (Å²) >= 11 is 2.15. The van der Waals surface area contributed by atoms with Crippen molar-refractivity contribution >= 4 is 46.1 Å². The summed E-state index contributed by atoms with van der Waals surface area (Å²) in [5, 5.41) is 5.43. The van der Waals surface area contributed by atoms with E-state index in [4.69, 9.17) is 0 Å². The Bertz CT molecular complexity index is 662. The first-order chi connectivity index (χ1) is 11.2. The highest BCUT2D eigenvalue weighted by atomic mass is 127. The van der Waals surface area contributed by atoms with Gasteiger partial charge < -0.3 is 10.6 Å². The molecule has 1 unspecified atom stereocenters. The maximum absolute atomic E-state index is 12.6. The molecule has 0 spiro atoms. The molecule has 4 amide bonds. The molecule has 0 saturated carbocycles. The number of urea groups is 1. The first kappa shape index (κ1) is 18.7. The highest BCUT2D eigenvalue weighted by Gasteiger charge is 2.47. The van der Waals surface area contributed by atoms with E-state index in [0.29, 0.717) is 18.0 Å². The summed E-state index contributed by atoms with van der Waals surface area (Å²) in [6.45, 7) is 5.56. The summed E-state index contributed by atoms with van der Waals surface area (Å²) in [7, 11) is 0. The van der Waals surface area contributed by atoms with Crippen LogP contribution in [0, 0.1) is 9.49 Å². The predicted octanol–water partition coefficient (Wildman–Crippen LogP) is 2.98. The molecule has 7 heteroatoms. The van der Waals surface area contributed by atoms with Crippen LogP contribution in [-0.2, 0) is 9.59 Å². The molecule has 0 bridgehead atoms. The van der Waals surface area contributed by atoms with Crippen molar-refractivity contribution in [3.05, 3.63) is 27.8 Å². The maximum Gasteiger partial charge on any atom is 0.325 e. The van der Waals surface area contributed by atoms with Gasteiger partial charge in [0.25, 0.3) is 5.91 Å². The fourth-order valence-electron chi connectivity index (χ4n) is 2.55. The molecule has 1 aromatic carbocycles. The third-order valence-corrected chi connectivity index (χ3v) is 4.65. The first-order valence-electron chi connectivity index (χ1n) is 7.91. The SMILES string of the molecule is CC(C)CCC1(C)NC(=O)N(CC(=O)Nc2cccc(I)c2)C1=O. The van der Waals surface area contributed by atoms with Crippen molar-refractivity contribution in [3.63, 3.8) is 0 Å². The molecule has 1 saturated heterocycles. The number of hydrogen-bond acceptors (Lipinski definition) is 3. The lowest BCUT2D eigenvalue weighted by Gasteiger charge is -2.22. The number of benzene rings is 1. The van der Waals surface area contributed by atoms with Crippen LogP contribution in [0.4, 0.5) is 10.5 Å². The minimum Gasteiger partial charge on any atom is -0.324 e. The highest BCUT2D eigenvalue weighted by Crippen LogP contribution is 2.24. The average molecular weight is 443 g/mol. The van der Waals surface area contributed by atoms with Crippen LogP contribution < -0.4 is 10.6 Å². The first-order valence-corrected chi connectivity index (χ1v) is 8.98. The third-order valence-electron chi connectivity index (χ3n) is 3.98. The number of rotatable bonds is 6. The van der Waals surface area contributed by atoms with Crippen LogP contribution in [0.3, 0.4) is 0 Å². The number of hydrogen-bond donors (Lipinski definition) is 2. The minimum atomic E-state index is -0.927. The van der Waals surface area contributed by atoms with Gasteiger partial charge >= 0.3 is 6.03 Å². The molecular formula is C17H22IN3O3. The van der Waals surface area contributed by atoms with Gasteiger partial charge in [-0.3, -0.25) is 14.5 Å². The van der Waals surface area contributed by atoms with E-state index in [1.165, 1.54) is 0 Å². The molecule has 1 aliphatic rings. The summed E-state index contributed by atoms with van der Waals surface area (Å²) in [6.07, 6.45) is 1.38. The lowest BCUT2D eigenvalue weighted by atomic mass is 9.92. The van der Waals surface area contributed by atoms with Crippen LogP contribution in [0.5, 0.6) is 0 Å². The van der Waals surface area contributed by atoms with Crippen LogP contribution in [0.1, 0.15) is 33.6 Å². The summed E-state index contributed by atoms with van der Waals surface area (Å²) in [4.78, 5) is 37.8. The number of amides is 4. The van der Waals surface area contributed by atoms with Gasteiger partial charge in [-0.1, -0.05) is 19.9 Å². The van der Waals surface area contributed by atoms with Crippen molar-refractivity contribution in [1.82, 2.24) is 10.2 Å². The Balaban J connectivity index is 2.00. The Kier molecular flexibility index (Phi) is 5.84. The molecule has 1 atom stereocenters. The van der Waals surface area contributed by atoms with Crippen molar-refractivity contribution in [1.29, 1.82) is 0 Å². The Morgan fingerprint density at radius 1 is 1.38 bits per heavy atom. The van der Waals surface area contributed by atoms with Crippen LogP contribution >= 0.6 is 22.6 Å². The molecule has 2 rings (SSSR count). The van der Waals surface area contributed by atoms with Crippen LogP contribution in [0.25, 0.3) is 0 Å².